The summed E-state index contributed by atoms with van der Waals surface area (Å²) in [6.07, 6.45) is 0.745. The van der Waals surface area contributed by atoms with E-state index in [0.717, 1.165) is 49.2 Å². The monoisotopic (exact) mass is 513 g/mol. The van der Waals surface area contributed by atoms with E-state index in [0.29, 0.717) is 0 Å². The van der Waals surface area contributed by atoms with Gasteiger partial charge in [0.05, 0.1) is 33.9 Å². The van der Waals surface area contributed by atoms with Crippen LogP contribution in [0.25, 0.3) is 11.3 Å². The first-order valence-electron chi connectivity index (χ1n) is 9.58. The Hall–Kier alpha value is -2.55. The molecule has 31 heavy (non-hydrogen) atoms. The molecule has 0 saturated heterocycles. The highest BCUT2D eigenvalue weighted by molar-refractivity contribution is 9.10. The van der Waals surface area contributed by atoms with Crippen LogP contribution in [0.5, 0.6) is 5.75 Å². The van der Waals surface area contributed by atoms with Crippen molar-refractivity contribution >= 4 is 49.4 Å². The third-order valence-electron chi connectivity index (χ3n) is 5.11. The Labute approximate surface area is 195 Å². The number of rotatable bonds is 5. The third kappa shape index (κ3) is 4.03. The number of halogens is 2. The zero-order chi connectivity index (χ0) is 21.4. The molecule has 3 heterocycles. The Morgan fingerprint density at radius 3 is 2.68 bits per heavy atom. The predicted octanol–water partition coefficient (Wildman–Crippen LogP) is 7.14. The lowest BCUT2D eigenvalue weighted by molar-refractivity contribution is 0.412. The Balaban J connectivity index is 1.51. The molecule has 0 amide bonds. The van der Waals surface area contributed by atoms with E-state index < -0.39 is 0 Å². The molecule has 1 aliphatic heterocycles. The molecule has 1 aliphatic rings. The molecule has 5 rings (SSSR count). The maximum absolute atomic E-state index is 13.5. The van der Waals surface area contributed by atoms with Gasteiger partial charge in [-0.2, -0.15) is 5.10 Å². The third-order valence-corrected chi connectivity index (χ3v) is 7.48. The van der Waals surface area contributed by atoms with Crippen LogP contribution in [-0.2, 0) is 0 Å². The molecular weight excluding hydrogens is 497 g/mol. The summed E-state index contributed by atoms with van der Waals surface area (Å²) in [5.41, 5.74) is 3.91. The summed E-state index contributed by atoms with van der Waals surface area (Å²) >= 11 is 6.76. The molecule has 0 aliphatic carbocycles. The number of thiazole rings is 1. The molecule has 0 radical (unpaired) electrons. The summed E-state index contributed by atoms with van der Waals surface area (Å²) in [5, 5.41) is 11.8. The van der Waals surface area contributed by atoms with Crippen molar-refractivity contribution in [2.75, 3.05) is 12.1 Å². The first-order chi connectivity index (χ1) is 15.1. The molecule has 4 aromatic rings. The van der Waals surface area contributed by atoms with Gasteiger partial charge in [-0.15, -0.1) is 22.7 Å². The standard InChI is InChI=1S/C23H17BrFN3OS2/c1-29-21-9-6-15(11-17(21)24)19-13-31-23(26-19)28-20(14-4-7-16(25)8-5-14)12-18(27-28)22-3-2-10-30-22/h2-11,13,20H,12H2,1H3/t20-/m1/s1. The molecule has 1 atom stereocenters. The minimum Gasteiger partial charge on any atom is -0.496 e. The fourth-order valence-electron chi connectivity index (χ4n) is 3.55. The minimum atomic E-state index is -0.241. The highest BCUT2D eigenvalue weighted by Crippen LogP contribution is 2.40. The first kappa shape index (κ1) is 20.4. The number of hydrogen-bond donors (Lipinski definition) is 0. The number of hydrazone groups is 1. The summed E-state index contributed by atoms with van der Waals surface area (Å²) in [4.78, 5) is 6.02. The normalized spacial score (nSPS) is 15.9. The topological polar surface area (TPSA) is 37.7 Å². The summed E-state index contributed by atoms with van der Waals surface area (Å²) < 4.78 is 19.7. The van der Waals surface area contributed by atoms with Gasteiger partial charge in [0.25, 0.3) is 0 Å². The van der Waals surface area contributed by atoms with Crippen molar-refractivity contribution in [3.63, 3.8) is 0 Å². The van der Waals surface area contributed by atoms with Gasteiger partial charge in [0, 0.05) is 17.4 Å². The molecular formula is C23H17BrFN3OS2. The van der Waals surface area contributed by atoms with Crippen molar-refractivity contribution in [1.29, 1.82) is 0 Å². The number of aromatic nitrogens is 1. The number of benzene rings is 2. The molecule has 0 spiro atoms. The van der Waals surface area contributed by atoms with Crippen molar-refractivity contribution in [3.05, 3.63) is 86.1 Å². The smallest absolute Gasteiger partial charge is 0.207 e. The van der Waals surface area contributed by atoms with Crippen molar-refractivity contribution < 1.29 is 9.13 Å². The number of ether oxygens (including phenoxy) is 1. The van der Waals surface area contributed by atoms with E-state index in [1.807, 2.05) is 46.8 Å². The number of methoxy groups -OCH3 is 1. The van der Waals surface area contributed by atoms with Gasteiger partial charge in [0.1, 0.15) is 11.6 Å². The van der Waals surface area contributed by atoms with Crippen molar-refractivity contribution in [1.82, 2.24) is 4.98 Å². The lowest BCUT2D eigenvalue weighted by Crippen LogP contribution is -2.18. The van der Waals surface area contributed by atoms with Gasteiger partial charge in [-0.25, -0.2) is 14.4 Å². The van der Waals surface area contributed by atoms with Crippen LogP contribution in [0.15, 0.2) is 74.9 Å². The fourth-order valence-corrected chi connectivity index (χ4v) is 5.65. The first-order valence-corrected chi connectivity index (χ1v) is 12.1. The average molecular weight is 514 g/mol. The van der Waals surface area contributed by atoms with Crippen LogP contribution in [0.3, 0.4) is 0 Å². The van der Waals surface area contributed by atoms with Crippen molar-refractivity contribution in [3.8, 4) is 17.0 Å². The number of thiophene rings is 1. The second-order valence-corrected chi connectivity index (χ2v) is 9.64. The van der Waals surface area contributed by atoms with Gasteiger partial charge in [0.2, 0.25) is 5.13 Å². The maximum Gasteiger partial charge on any atom is 0.207 e. The lowest BCUT2D eigenvalue weighted by atomic mass is 10.0. The SMILES string of the molecule is COc1ccc(-c2csc(N3N=C(c4cccs4)C[C@@H]3c3ccc(F)cc3)n2)cc1Br. The minimum absolute atomic E-state index is 0.0284. The van der Waals surface area contributed by atoms with Crippen molar-refractivity contribution in [2.45, 2.75) is 12.5 Å². The quantitative estimate of drug-likeness (QED) is 0.284. The highest BCUT2D eigenvalue weighted by atomic mass is 79.9. The van der Waals surface area contributed by atoms with E-state index in [-0.39, 0.29) is 11.9 Å². The summed E-state index contributed by atoms with van der Waals surface area (Å²) in [7, 11) is 1.65. The van der Waals surface area contributed by atoms with Crippen LogP contribution in [0.1, 0.15) is 22.9 Å². The lowest BCUT2D eigenvalue weighted by Gasteiger charge is -2.21. The maximum atomic E-state index is 13.5. The molecule has 0 saturated carbocycles. The van der Waals surface area contributed by atoms with Crippen LogP contribution in [0.2, 0.25) is 0 Å². The molecule has 0 N–H and O–H groups in total. The van der Waals surface area contributed by atoms with Crippen molar-refractivity contribution in [2.24, 2.45) is 5.10 Å². The Morgan fingerprint density at radius 2 is 1.97 bits per heavy atom. The van der Waals surface area contributed by atoms with Gasteiger partial charge in [-0.05, 0) is 63.3 Å². The molecule has 0 bridgehead atoms. The van der Waals surface area contributed by atoms with Gasteiger partial charge in [0.15, 0.2) is 0 Å². The molecule has 0 fully saturated rings. The molecule has 2 aromatic carbocycles. The van der Waals surface area contributed by atoms with Gasteiger partial charge in [-0.3, -0.25) is 0 Å². The second kappa shape index (κ2) is 8.53. The Bertz CT molecular complexity index is 1240. The second-order valence-electron chi connectivity index (χ2n) is 7.00. The molecule has 0 unspecified atom stereocenters. The largest absolute Gasteiger partial charge is 0.496 e. The predicted molar refractivity (Wildman–Crippen MR) is 129 cm³/mol. The van der Waals surface area contributed by atoms with Crippen LogP contribution in [-0.4, -0.2) is 17.8 Å². The van der Waals surface area contributed by atoms with Crippen LogP contribution in [0.4, 0.5) is 9.52 Å². The zero-order valence-corrected chi connectivity index (χ0v) is 19.7. The number of nitrogens with zero attached hydrogens (tertiary/aromatic N) is 3. The van der Waals surface area contributed by atoms with E-state index in [1.165, 1.54) is 12.1 Å². The number of anilines is 1. The number of hydrogen-bond acceptors (Lipinski definition) is 6. The van der Waals surface area contributed by atoms with Crippen LogP contribution < -0.4 is 9.75 Å². The molecule has 156 valence electrons. The van der Waals surface area contributed by atoms with E-state index in [9.17, 15) is 4.39 Å². The van der Waals surface area contributed by atoms with Gasteiger partial charge < -0.3 is 4.74 Å². The molecule has 2 aromatic heterocycles. The van der Waals surface area contributed by atoms with E-state index >= 15 is 0 Å². The van der Waals surface area contributed by atoms with Crippen LogP contribution >= 0.6 is 38.6 Å². The molecule has 8 heteroatoms. The van der Waals surface area contributed by atoms with Crippen LogP contribution in [0, 0.1) is 5.82 Å². The molecule has 4 nitrogen and oxygen atoms in total. The van der Waals surface area contributed by atoms with E-state index in [1.54, 1.807) is 29.8 Å². The summed E-state index contributed by atoms with van der Waals surface area (Å²) in [6.45, 7) is 0. The Kier molecular flexibility index (Phi) is 5.60. The zero-order valence-electron chi connectivity index (χ0n) is 16.5. The van der Waals surface area contributed by atoms with E-state index in [4.69, 9.17) is 14.8 Å². The summed E-state index contributed by atoms with van der Waals surface area (Å²) in [6, 6.07) is 16.6. The summed E-state index contributed by atoms with van der Waals surface area (Å²) in [5.74, 6) is 0.537. The van der Waals surface area contributed by atoms with Gasteiger partial charge in [-0.1, -0.05) is 18.2 Å². The average Bonchev–Trinajstić information content (AvgIpc) is 3.54. The van der Waals surface area contributed by atoms with Gasteiger partial charge >= 0.3 is 0 Å². The van der Waals surface area contributed by atoms with E-state index in [2.05, 4.69) is 27.4 Å². The Morgan fingerprint density at radius 1 is 1.13 bits per heavy atom. The fraction of sp³-hybridized carbons (Fsp3) is 0.130. The highest BCUT2D eigenvalue weighted by Gasteiger charge is 2.32.